The molecule has 0 aromatic heterocycles. The third kappa shape index (κ3) is 2.74. The number of benzene rings is 1. The van der Waals surface area contributed by atoms with Gasteiger partial charge in [-0.3, -0.25) is 4.79 Å². The van der Waals surface area contributed by atoms with E-state index in [0.29, 0.717) is 5.75 Å². The van der Waals surface area contributed by atoms with E-state index in [9.17, 15) is 14.7 Å². The normalized spacial score (nSPS) is 31.1. The summed E-state index contributed by atoms with van der Waals surface area (Å²) in [5, 5.41) is 9.37. The first kappa shape index (κ1) is 15.4. The number of thioether (sulfide) groups is 1. The third-order valence-corrected chi connectivity index (χ3v) is 6.33. The highest BCUT2D eigenvalue weighted by molar-refractivity contribution is 8.00. The molecule has 22 heavy (non-hydrogen) atoms. The maximum absolute atomic E-state index is 12.8. The predicted molar refractivity (Wildman–Crippen MR) is 86.6 cm³/mol. The second kappa shape index (κ2) is 5.95. The van der Waals surface area contributed by atoms with E-state index in [1.54, 1.807) is 16.7 Å². The molecule has 1 amide bonds. The van der Waals surface area contributed by atoms with Gasteiger partial charge >= 0.3 is 5.97 Å². The highest BCUT2D eigenvalue weighted by atomic mass is 32.2. The van der Waals surface area contributed by atoms with E-state index in [4.69, 9.17) is 0 Å². The highest BCUT2D eigenvalue weighted by Crippen LogP contribution is 2.47. The molecule has 2 fully saturated rings. The molecule has 1 aromatic carbocycles. The molecule has 3 rings (SSSR count). The van der Waals surface area contributed by atoms with Gasteiger partial charge in [-0.2, -0.15) is 0 Å². The number of hydrogen-bond donors (Lipinski definition) is 1. The van der Waals surface area contributed by atoms with E-state index in [-0.39, 0.29) is 16.7 Å². The standard InChI is InChI=1S/C17H21NO3S/c1-17-10-9-13(8-7-12-5-3-2-4-6-12)15(19)18(17)14(11-22-17)16(20)21/h2-6,13-14H,7-11H2,1H3,(H,20,21). The Morgan fingerprint density at radius 1 is 1.41 bits per heavy atom. The van der Waals surface area contributed by atoms with Crippen molar-refractivity contribution >= 4 is 23.6 Å². The number of hydrogen-bond acceptors (Lipinski definition) is 3. The van der Waals surface area contributed by atoms with Crippen LogP contribution in [0.25, 0.3) is 0 Å². The number of carbonyl (C=O) groups is 2. The van der Waals surface area contributed by atoms with Crippen LogP contribution in [0.1, 0.15) is 31.7 Å². The summed E-state index contributed by atoms with van der Waals surface area (Å²) in [5.41, 5.74) is 1.23. The van der Waals surface area contributed by atoms with Crippen LogP contribution in [0, 0.1) is 5.92 Å². The van der Waals surface area contributed by atoms with Gasteiger partial charge in [0.15, 0.2) is 0 Å². The van der Waals surface area contributed by atoms with Gasteiger partial charge in [0.2, 0.25) is 5.91 Å². The largest absolute Gasteiger partial charge is 0.480 e. The Kier molecular flexibility index (Phi) is 4.17. The van der Waals surface area contributed by atoms with Crippen molar-refractivity contribution < 1.29 is 14.7 Å². The molecule has 1 aromatic rings. The van der Waals surface area contributed by atoms with Crippen molar-refractivity contribution in [3.63, 3.8) is 0 Å². The lowest BCUT2D eigenvalue weighted by Gasteiger charge is -2.43. The molecule has 4 nitrogen and oxygen atoms in total. The first-order chi connectivity index (χ1) is 10.5. The molecular weight excluding hydrogens is 298 g/mol. The molecule has 3 atom stereocenters. The first-order valence-corrected chi connectivity index (χ1v) is 8.74. The maximum Gasteiger partial charge on any atom is 0.327 e. The summed E-state index contributed by atoms with van der Waals surface area (Å²) in [6.45, 7) is 2.01. The van der Waals surface area contributed by atoms with Gasteiger partial charge in [-0.1, -0.05) is 30.3 Å². The lowest BCUT2D eigenvalue weighted by molar-refractivity contribution is -0.156. The fourth-order valence-electron chi connectivity index (χ4n) is 3.51. The lowest BCUT2D eigenvalue weighted by atomic mass is 9.87. The van der Waals surface area contributed by atoms with Crippen molar-refractivity contribution in [2.24, 2.45) is 5.92 Å². The molecule has 5 heteroatoms. The Hall–Kier alpha value is -1.49. The van der Waals surface area contributed by atoms with Gasteiger partial charge < -0.3 is 10.0 Å². The van der Waals surface area contributed by atoms with Gasteiger partial charge in [-0.15, -0.1) is 11.8 Å². The molecule has 2 aliphatic heterocycles. The van der Waals surface area contributed by atoms with Crippen molar-refractivity contribution in [1.82, 2.24) is 4.90 Å². The van der Waals surface area contributed by atoms with Gasteiger partial charge in [0.1, 0.15) is 6.04 Å². The van der Waals surface area contributed by atoms with Crippen LogP contribution in [0.15, 0.2) is 30.3 Å². The average molecular weight is 319 g/mol. The van der Waals surface area contributed by atoms with E-state index in [1.807, 2.05) is 25.1 Å². The van der Waals surface area contributed by atoms with Gasteiger partial charge in [0.25, 0.3) is 0 Å². The Morgan fingerprint density at radius 2 is 2.14 bits per heavy atom. The van der Waals surface area contributed by atoms with E-state index in [1.165, 1.54) is 5.56 Å². The Balaban J connectivity index is 1.70. The minimum atomic E-state index is -0.881. The van der Waals surface area contributed by atoms with Crippen molar-refractivity contribution in [3.8, 4) is 0 Å². The number of piperidine rings is 1. The molecular formula is C17H21NO3S. The predicted octanol–water partition coefficient (Wildman–Crippen LogP) is 2.77. The monoisotopic (exact) mass is 319 g/mol. The zero-order valence-electron chi connectivity index (χ0n) is 12.7. The molecule has 2 aliphatic rings. The number of nitrogens with zero attached hydrogens (tertiary/aromatic N) is 1. The van der Waals surface area contributed by atoms with Crippen molar-refractivity contribution in [2.75, 3.05) is 5.75 Å². The summed E-state index contributed by atoms with van der Waals surface area (Å²) < 4.78 is 0. The molecule has 0 saturated carbocycles. The van der Waals surface area contributed by atoms with E-state index >= 15 is 0 Å². The second-order valence-corrected chi connectivity index (χ2v) is 7.81. The summed E-state index contributed by atoms with van der Waals surface area (Å²) >= 11 is 1.61. The molecule has 2 heterocycles. The SMILES string of the molecule is CC12CCC(CCc3ccccc3)C(=O)N1C(C(=O)O)CS2. The quantitative estimate of drug-likeness (QED) is 0.927. The zero-order valence-corrected chi connectivity index (χ0v) is 13.5. The van der Waals surface area contributed by atoms with Crippen LogP contribution in [-0.2, 0) is 16.0 Å². The van der Waals surface area contributed by atoms with Crippen LogP contribution in [0.2, 0.25) is 0 Å². The van der Waals surface area contributed by atoms with Gasteiger partial charge in [-0.05, 0) is 38.2 Å². The maximum atomic E-state index is 12.8. The minimum Gasteiger partial charge on any atom is -0.480 e. The van der Waals surface area contributed by atoms with E-state index in [2.05, 4.69) is 12.1 Å². The Morgan fingerprint density at radius 3 is 2.82 bits per heavy atom. The van der Waals surface area contributed by atoms with Crippen LogP contribution in [0.4, 0.5) is 0 Å². The number of aliphatic carboxylic acids is 1. The molecule has 0 aliphatic carbocycles. The number of aryl methyl sites for hydroxylation is 1. The van der Waals surface area contributed by atoms with E-state index < -0.39 is 12.0 Å². The topological polar surface area (TPSA) is 57.6 Å². The third-order valence-electron chi connectivity index (χ3n) is 4.83. The van der Waals surface area contributed by atoms with Crippen molar-refractivity contribution in [2.45, 2.75) is 43.5 Å². The molecule has 1 N–H and O–H groups in total. The fraction of sp³-hybridized carbons (Fsp3) is 0.529. The van der Waals surface area contributed by atoms with Crippen LogP contribution >= 0.6 is 11.8 Å². The summed E-state index contributed by atoms with van der Waals surface area (Å²) in [7, 11) is 0. The number of amides is 1. The highest BCUT2D eigenvalue weighted by Gasteiger charge is 2.53. The number of carboxylic acid groups (broad SMARTS) is 1. The number of rotatable bonds is 4. The minimum absolute atomic E-state index is 0.0297. The average Bonchev–Trinajstić information content (AvgIpc) is 2.86. The Labute approximate surface area is 134 Å². The van der Waals surface area contributed by atoms with Crippen LogP contribution in [0.3, 0.4) is 0 Å². The van der Waals surface area contributed by atoms with Crippen LogP contribution in [0.5, 0.6) is 0 Å². The number of fused-ring (bicyclic) bond motifs is 1. The van der Waals surface area contributed by atoms with Crippen molar-refractivity contribution in [3.05, 3.63) is 35.9 Å². The summed E-state index contributed by atoms with van der Waals surface area (Å²) in [4.78, 5) is 25.5. The summed E-state index contributed by atoms with van der Waals surface area (Å²) in [5.74, 6) is -0.396. The van der Waals surface area contributed by atoms with Gasteiger partial charge in [-0.25, -0.2) is 4.79 Å². The molecule has 0 radical (unpaired) electrons. The first-order valence-electron chi connectivity index (χ1n) is 7.75. The molecule has 2 saturated heterocycles. The second-order valence-electron chi connectivity index (χ2n) is 6.31. The number of carbonyl (C=O) groups excluding carboxylic acids is 1. The molecule has 0 bridgehead atoms. The summed E-state index contributed by atoms with van der Waals surface area (Å²) in [6, 6.07) is 9.48. The van der Waals surface area contributed by atoms with E-state index in [0.717, 1.165) is 25.7 Å². The lowest BCUT2D eigenvalue weighted by Crippen LogP contribution is -2.56. The van der Waals surface area contributed by atoms with Gasteiger partial charge in [0.05, 0.1) is 4.87 Å². The van der Waals surface area contributed by atoms with Gasteiger partial charge in [0, 0.05) is 11.7 Å². The smallest absolute Gasteiger partial charge is 0.327 e. The zero-order chi connectivity index (χ0) is 15.7. The molecule has 118 valence electrons. The van der Waals surface area contributed by atoms with Crippen LogP contribution in [-0.4, -0.2) is 38.5 Å². The van der Waals surface area contributed by atoms with Crippen LogP contribution < -0.4 is 0 Å². The van der Waals surface area contributed by atoms with Crippen molar-refractivity contribution in [1.29, 1.82) is 0 Å². The summed E-state index contributed by atoms with van der Waals surface area (Å²) in [6.07, 6.45) is 3.41. The molecule has 3 unspecified atom stereocenters. The number of carboxylic acids is 1. The fourth-order valence-corrected chi connectivity index (χ4v) is 4.94. The molecule has 0 spiro atoms. The Bertz CT molecular complexity index is 577.